The van der Waals surface area contributed by atoms with Crippen LogP contribution in [0.5, 0.6) is 5.75 Å². The Kier molecular flexibility index (Phi) is 4.55. The third-order valence-corrected chi connectivity index (χ3v) is 3.09. The monoisotopic (exact) mass is 276 g/mol. The molecule has 0 fully saturated rings. The largest absolute Gasteiger partial charge is 0.467 e. The highest BCUT2D eigenvalue weighted by Crippen LogP contribution is 2.35. The second-order valence-corrected chi connectivity index (χ2v) is 4.25. The smallest absolute Gasteiger partial charge is 0.188 e. The predicted molar refractivity (Wildman–Crippen MR) is 74.8 cm³/mol. The van der Waals surface area contributed by atoms with Crippen LogP contribution in [-0.2, 0) is 4.74 Å². The lowest BCUT2D eigenvalue weighted by Crippen LogP contribution is -2.00. The lowest BCUT2D eigenvalue weighted by Gasteiger charge is -2.12. The van der Waals surface area contributed by atoms with Gasteiger partial charge in [0, 0.05) is 23.8 Å². The average Bonchev–Trinajstić information content (AvgIpc) is 2.46. The molecule has 0 spiro atoms. The zero-order valence-electron chi connectivity index (χ0n) is 10.4. The first-order valence-corrected chi connectivity index (χ1v) is 6.10. The normalized spacial score (nSPS) is 10.2. The van der Waals surface area contributed by atoms with E-state index in [-0.39, 0.29) is 6.79 Å². The summed E-state index contributed by atoms with van der Waals surface area (Å²) in [7, 11) is 1.56. The molecule has 0 aliphatic heterocycles. The Morgan fingerprint density at radius 3 is 2.58 bits per heavy atom. The Balaban J connectivity index is 2.49. The van der Waals surface area contributed by atoms with E-state index < -0.39 is 0 Å². The van der Waals surface area contributed by atoms with Gasteiger partial charge in [0.2, 0.25) is 0 Å². The molecule has 2 aromatic carbocycles. The molecule has 98 valence electrons. The van der Waals surface area contributed by atoms with E-state index in [0.717, 1.165) is 17.4 Å². The minimum absolute atomic E-state index is 0.155. The molecule has 3 nitrogen and oxygen atoms in total. The maximum atomic E-state index is 10.9. The third kappa shape index (κ3) is 2.95. The standard InChI is InChI=1S/C15H13ClO3/c1-18-10-19-14-8-3-2-6-12(14)13-7-4-5-11(9-17)15(13)16/h2-9H,10H2,1H3. The van der Waals surface area contributed by atoms with Crippen LogP contribution in [0.3, 0.4) is 0 Å². The van der Waals surface area contributed by atoms with Crippen LogP contribution in [0.25, 0.3) is 11.1 Å². The van der Waals surface area contributed by atoms with Crippen molar-refractivity contribution >= 4 is 17.9 Å². The first-order valence-electron chi connectivity index (χ1n) is 5.72. The molecular weight excluding hydrogens is 264 g/mol. The number of halogens is 1. The summed E-state index contributed by atoms with van der Waals surface area (Å²) >= 11 is 6.23. The highest BCUT2D eigenvalue weighted by Gasteiger charge is 2.11. The molecule has 0 aromatic heterocycles. The van der Waals surface area contributed by atoms with Crippen molar-refractivity contribution in [3.05, 3.63) is 53.1 Å². The van der Waals surface area contributed by atoms with Gasteiger partial charge in [-0.3, -0.25) is 4.79 Å². The quantitative estimate of drug-likeness (QED) is 0.615. The van der Waals surface area contributed by atoms with Gasteiger partial charge in [0.05, 0.1) is 5.02 Å². The van der Waals surface area contributed by atoms with Crippen molar-refractivity contribution in [1.82, 2.24) is 0 Å². The summed E-state index contributed by atoms with van der Waals surface area (Å²) in [5.74, 6) is 0.661. The molecular formula is C15H13ClO3. The molecule has 0 aliphatic rings. The highest BCUT2D eigenvalue weighted by atomic mass is 35.5. The fraction of sp³-hybridized carbons (Fsp3) is 0.133. The van der Waals surface area contributed by atoms with Crippen LogP contribution in [0.4, 0.5) is 0 Å². The fourth-order valence-electron chi connectivity index (χ4n) is 1.79. The lowest BCUT2D eigenvalue weighted by atomic mass is 10.0. The van der Waals surface area contributed by atoms with Crippen molar-refractivity contribution in [3.63, 3.8) is 0 Å². The highest BCUT2D eigenvalue weighted by molar-refractivity contribution is 6.35. The molecule has 0 heterocycles. The van der Waals surface area contributed by atoms with E-state index in [1.54, 1.807) is 19.2 Å². The number of carbonyl (C=O) groups excluding carboxylic acids is 1. The van der Waals surface area contributed by atoms with Gasteiger partial charge < -0.3 is 9.47 Å². The Hall–Kier alpha value is -1.84. The SMILES string of the molecule is COCOc1ccccc1-c1cccc(C=O)c1Cl. The molecule has 0 aliphatic carbocycles. The van der Waals surface area contributed by atoms with Crippen LogP contribution in [0.2, 0.25) is 5.02 Å². The van der Waals surface area contributed by atoms with Gasteiger partial charge in [-0.2, -0.15) is 0 Å². The number of benzene rings is 2. The Bertz CT molecular complexity index is 581. The van der Waals surface area contributed by atoms with E-state index >= 15 is 0 Å². The van der Waals surface area contributed by atoms with E-state index in [1.165, 1.54) is 0 Å². The van der Waals surface area contributed by atoms with Crippen molar-refractivity contribution in [2.24, 2.45) is 0 Å². The summed E-state index contributed by atoms with van der Waals surface area (Å²) in [5.41, 5.74) is 2.05. The van der Waals surface area contributed by atoms with Crippen LogP contribution in [0.15, 0.2) is 42.5 Å². The zero-order chi connectivity index (χ0) is 13.7. The first kappa shape index (κ1) is 13.6. The van der Waals surface area contributed by atoms with Crippen molar-refractivity contribution in [3.8, 4) is 16.9 Å². The summed E-state index contributed by atoms with van der Waals surface area (Å²) in [6.45, 7) is 0.155. The number of aldehydes is 1. The number of carbonyl (C=O) groups is 1. The van der Waals surface area contributed by atoms with Crippen LogP contribution in [-0.4, -0.2) is 20.2 Å². The summed E-state index contributed by atoms with van der Waals surface area (Å²) < 4.78 is 10.4. The molecule has 0 bridgehead atoms. The maximum absolute atomic E-state index is 10.9. The van der Waals surface area contributed by atoms with Gasteiger partial charge in [-0.15, -0.1) is 0 Å². The van der Waals surface area contributed by atoms with Crippen LogP contribution >= 0.6 is 11.6 Å². The van der Waals surface area contributed by atoms with Gasteiger partial charge in [-0.05, 0) is 6.07 Å². The number of hydrogen-bond donors (Lipinski definition) is 0. The molecule has 2 aromatic rings. The number of methoxy groups -OCH3 is 1. The number of para-hydroxylation sites is 1. The Labute approximate surface area is 116 Å². The van der Waals surface area contributed by atoms with Crippen LogP contribution < -0.4 is 4.74 Å². The summed E-state index contributed by atoms with van der Waals surface area (Å²) in [6, 6.07) is 12.8. The second-order valence-electron chi connectivity index (χ2n) is 3.87. The molecule has 0 amide bonds. The molecule has 0 N–H and O–H groups in total. The second kappa shape index (κ2) is 6.36. The van der Waals surface area contributed by atoms with Gasteiger partial charge in [-0.1, -0.05) is 48.0 Å². The molecule has 0 unspecified atom stereocenters. The average molecular weight is 277 g/mol. The van der Waals surface area contributed by atoms with Crippen molar-refractivity contribution in [2.75, 3.05) is 13.9 Å². The van der Waals surface area contributed by atoms with E-state index in [1.807, 2.05) is 30.3 Å². The Morgan fingerprint density at radius 1 is 1.11 bits per heavy atom. The zero-order valence-corrected chi connectivity index (χ0v) is 11.2. The fourth-order valence-corrected chi connectivity index (χ4v) is 2.06. The van der Waals surface area contributed by atoms with Crippen LogP contribution in [0, 0.1) is 0 Å². The minimum atomic E-state index is 0.155. The van der Waals surface area contributed by atoms with Gasteiger partial charge in [0.15, 0.2) is 13.1 Å². The van der Waals surface area contributed by atoms with Crippen LogP contribution in [0.1, 0.15) is 10.4 Å². The molecule has 4 heteroatoms. The molecule has 0 atom stereocenters. The van der Waals surface area contributed by atoms with Crippen molar-refractivity contribution in [2.45, 2.75) is 0 Å². The van der Waals surface area contributed by atoms with Gasteiger partial charge in [-0.25, -0.2) is 0 Å². The molecule has 2 rings (SSSR count). The molecule has 0 saturated carbocycles. The number of ether oxygens (including phenoxy) is 2. The summed E-state index contributed by atoms with van der Waals surface area (Å²) in [4.78, 5) is 10.9. The van der Waals surface area contributed by atoms with Gasteiger partial charge in [0.1, 0.15) is 5.75 Å². The number of rotatable bonds is 5. The first-order chi connectivity index (χ1) is 9.27. The minimum Gasteiger partial charge on any atom is -0.467 e. The van der Waals surface area contributed by atoms with Gasteiger partial charge >= 0.3 is 0 Å². The number of hydrogen-bond acceptors (Lipinski definition) is 3. The molecule has 19 heavy (non-hydrogen) atoms. The van der Waals surface area contributed by atoms with E-state index in [2.05, 4.69) is 0 Å². The van der Waals surface area contributed by atoms with Gasteiger partial charge in [0.25, 0.3) is 0 Å². The summed E-state index contributed by atoms with van der Waals surface area (Å²) in [5, 5.41) is 0.422. The molecule has 0 radical (unpaired) electrons. The predicted octanol–water partition coefficient (Wildman–Crippen LogP) is 3.80. The Morgan fingerprint density at radius 2 is 1.84 bits per heavy atom. The van der Waals surface area contributed by atoms with E-state index in [9.17, 15) is 4.79 Å². The third-order valence-electron chi connectivity index (χ3n) is 2.67. The van der Waals surface area contributed by atoms with Crippen molar-refractivity contribution < 1.29 is 14.3 Å². The topological polar surface area (TPSA) is 35.5 Å². The van der Waals surface area contributed by atoms with E-state index in [4.69, 9.17) is 21.1 Å². The lowest BCUT2D eigenvalue weighted by molar-refractivity contribution is 0.0515. The van der Waals surface area contributed by atoms with E-state index in [0.29, 0.717) is 16.3 Å². The summed E-state index contributed by atoms with van der Waals surface area (Å²) in [6.07, 6.45) is 0.741. The molecule has 0 saturated heterocycles. The van der Waals surface area contributed by atoms with Crippen molar-refractivity contribution in [1.29, 1.82) is 0 Å². The maximum Gasteiger partial charge on any atom is 0.188 e.